The molecule has 0 saturated heterocycles. The maximum atomic E-state index is 5.25. The zero-order valence-corrected chi connectivity index (χ0v) is 17.8. The molecular formula is C22H22N4OS2. The van der Waals surface area contributed by atoms with Crippen LogP contribution in [0.4, 0.5) is 5.69 Å². The zero-order chi connectivity index (χ0) is 19.6. The summed E-state index contributed by atoms with van der Waals surface area (Å²) in [7, 11) is 1.70. The number of anilines is 1. The number of aliphatic imine (C=N–C) groups is 2. The molecule has 0 fully saturated rings. The first-order valence-electron chi connectivity index (χ1n) is 9.64. The van der Waals surface area contributed by atoms with Crippen LogP contribution in [0.3, 0.4) is 0 Å². The lowest BCUT2D eigenvalue weighted by Gasteiger charge is -2.20. The number of para-hydroxylation sites is 1. The smallest absolute Gasteiger partial charge is 0.168 e. The first-order valence-corrected chi connectivity index (χ1v) is 11.5. The van der Waals surface area contributed by atoms with Crippen molar-refractivity contribution in [2.45, 2.75) is 19.0 Å². The van der Waals surface area contributed by atoms with Crippen molar-refractivity contribution < 1.29 is 4.74 Å². The van der Waals surface area contributed by atoms with Gasteiger partial charge in [0.25, 0.3) is 0 Å². The maximum Gasteiger partial charge on any atom is 0.168 e. The Morgan fingerprint density at radius 3 is 2.93 bits per heavy atom. The predicted octanol–water partition coefficient (Wildman–Crippen LogP) is 4.58. The Kier molecular flexibility index (Phi) is 5.24. The highest BCUT2D eigenvalue weighted by Crippen LogP contribution is 2.34. The third-order valence-electron chi connectivity index (χ3n) is 5.20. The second kappa shape index (κ2) is 8.16. The van der Waals surface area contributed by atoms with Gasteiger partial charge in [-0.05, 0) is 41.2 Å². The first kappa shape index (κ1) is 18.6. The van der Waals surface area contributed by atoms with Crippen LogP contribution in [0.1, 0.15) is 11.1 Å². The van der Waals surface area contributed by atoms with Gasteiger partial charge in [-0.1, -0.05) is 53.9 Å². The van der Waals surface area contributed by atoms with E-state index in [1.54, 1.807) is 30.6 Å². The summed E-state index contributed by atoms with van der Waals surface area (Å²) in [6, 6.07) is 17.0. The normalized spacial score (nSPS) is 19.7. The average Bonchev–Trinajstić information content (AvgIpc) is 3.33. The van der Waals surface area contributed by atoms with Crippen LogP contribution in [0.2, 0.25) is 0 Å². The molecule has 1 atom stereocenters. The van der Waals surface area contributed by atoms with Gasteiger partial charge in [0.1, 0.15) is 5.75 Å². The summed E-state index contributed by atoms with van der Waals surface area (Å²) in [6.45, 7) is 1.70. The number of hydrogen-bond donors (Lipinski definition) is 1. The number of nitrogens with one attached hydrogen (secondary N) is 1. The highest BCUT2D eigenvalue weighted by molar-refractivity contribution is 8.17. The Labute approximate surface area is 179 Å². The summed E-state index contributed by atoms with van der Waals surface area (Å²) in [5.41, 5.74) is 5.04. The molecule has 0 amide bonds. The van der Waals surface area contributed by atoms with Gasteiger partial charge in [-0.2, -0.15) is 0 Å². The van der Waals surface area contributed by atoms with Crippen molar-refractivity contribution in [2.75, 3.05) is 24.7 Å². The van der Waals surface area contributed by atoms with E-state index in [2.05, 4.69) is 57.0 Å². The fourth-order valence-corrected chi connectivity index (χ4v) is 5.59. The van der Waals surface area contributed by atoms with E-state index in [0.717, 1.165) is 41.3 Å². The summed E-state index contributed by atoms with van der Waals surface area (Å²) in [5, 5.41) is 7.80. The fraction of sp³-hybridized carbons (Fsp3) is 0.273. The van der Waals surface area contributed by atoms with E-state index in [1.807, 2.05) is 12.1 Å². The monoisotopic (exact) mass is 422 g/mol. The third-order valence-corrected chi connectivity index (χ3v) is 7.07. The summed E-state index contributed by atoms with van der Waals surface area (Å²) < 4.78 is 5.25. The SMILES string of the molecule is COc1ccc(C[C@@H]2CN3C(CSC4=NCc5ccccc5N4)=CSC3=N2)cc1. The second-order valence-corrected chi connectivity index (χ2v) is 8.95. The molecule has 29 heavy (non-hydrogen) atoms. The van der Waals surface area contributed by atoms with E-state index >= 15 is 0 Å². The van der Waals surface area contributed by atoms with Gasteiger partial charge < -0.3 is 15.0 Å². The van der Waals surface area contributed by atoms with Crippen LogP contribution in [0, 0.1) is 0 Å². The fourth-order valence-electron chi connectivity index (χ4n) is 3.65. The van der Waals surface area contributed by atoms with Gasteiger partial charge in [0.2, 0.25) is 0 Å². The molecule has 3 aliphatic rings. The standard InChI is InChI=1S/C22H22N4OS2/c1-27-19-8-6-15(7-9-19)10-17-12-26-18(14-29-22(26)24-17)13-28-21-23-11-16-4-2-3-5-20(16)25-21/h2-9,14,17H,10-13H2,1H3,(H,23,25)/t17-/m1/s1. The van der Waals surface area contributed by atoms with Crippen molar-refractivity contribution in [2.24, 2.45) is 9.98 Å². The van der Waals surface area contributed by atoms with Crippen LogP contribution < -0.4 is 10.1 Å². The van der Waals surface area contributed by atoms with Crippen molar-refractivity contribution >= 4 is 39.5 Å². The van der Waals surface area contributed by atoms with Gasteiger partial charge in [-0.15, -0.1) is 0 Å². The van der Waals surface area contributed by atoms with E-state index < -0.39 is 0 Å². The minimum Gasteiger partial charge on any atom is -0.497 e. The van der Waals surface area contributed by atoms with Crippen LogP contribution in [0.25, 0.3) is 0 Å². The number of thioether (sulfide) groups is 2. The Morgan fingerprint density at radius 2 is 2.07 bits per heavy atom. The molecule has 3 heterocycles. The van der Waals surface area contributed by atoms with Gasteiger partial charge in [0, 0.05) is 23.7 Å². The first-order chi connectivity index (χ1) is 14.3. The molecule has 5 nitrogen and oxygen atoms in total. The highest BCUT2D eigenvalue weighted by atomic mass is 32.2. The van der Waals surface area contributed by atoms with Crippen molar-refractivity contribution in [3.63, 3.8) is 0 Å². The number of methoxy groups -OCH3 is 1. The van der Waals surface area contributed by atoms with E-state index in [-0.39, 0.29) is 0 Å². The average molecular weight is 423 g/mol. The van der Waals surface area contributed by atoms with Crippen LogP contribution in [-0.2, 0) is 13.0 Å². The van der Waals surface area contributed by atoms with Crippen LogP contribution >= 0.6 is 23.5 Å². The van der Waals surface area contributed by atoms with Gasteiger partial charge in [0.15, 0.2) is 10.3 Å². The molecule has 0 bridgehead atoms. The molecule has 0 aliphatic carbocycles. The second-order valence-electron chi connectivity index (χ2n) is 7.15. The Hall–Kier alpha value is -2.38. The molecule has 0 aromatic heterocycles. The molecule has 0 spiro atoms. The summed E-state index contributed by atoms with van der Waals surface area (Å²) >= 11 is 3.50. The molecule has 3 aliphatic heterocycles. The van der Waals surface area contributed by atoms with Crippen LogP contribution in [0.15, 0.2) is 69.6 Å². The third kappa shape index (κ3) is 4.02. The minimum atomic E-state index is 0.302. The zero-order valence-electron chi connectivity index (χ0n) is 16.2. The van der Waals surface area contributed by atoms with E-state index in [4.69, 9.17) is 9.73 Å². The van der Waals surface area contributed by atoms with Crippen molar-refractivity contribution in [3.8, 4) is 5.75 Å². The molecule has 7 heteroatoms. The Bertz CT molecular complexity index is 1000. The number of fused-ring (bicyclic) bond motifs is 2. The van der Waals surface area contributed by atoms with Crippen LogP contribution in [0.5, 0.6) is 5.75 Å². The lowest BCUT2D eigenvalue weighted by molar-refractivity contribution is 0.414. The molecular weight excluding hydrogens is 400 g/mol. The summed E-state index contributed by atoms with van der Waals surface area (Å²) in [6.07, 6.45) is 0.954. The molecule has 0 radical (unpaired) electrons. The quantitative estimate of drug-likeness (QED) is 0.764. The number of rotatable bonds is 5. The van der Waals surface area contributed by atoms with Crippen molar-refractivity contribution in [1.82, 2.24) is 4.90 Å². The number of amidine groups is 2. The van der Waals surface area contributed by atoms with E-state index in [9.17, 15) is 0 Å². The Morgan fingerprint density at radius 1 is 1.21 bits per heavy atom. The van der Waals surface area contributed by atoms with Gasteiger partial charge in [-0.3, -0.25) is 9.98 Å². The minimum absolute atomic E-state index is 0.302. The topological polar surface area (TPSA) is 49.2 Å². The van der Waals surface area contributed by atoms with Crippen molar-refractivity contribution in [1.29, 1.82) is 0 Å². The molecule has 2 aromatic carbocycles. The van der Waals surface area contributed by atoms with E-state index in [1.165, 1.54) is 22.5 Å². The molecule has 2 aromatic rings. The summed E-state index contributed by atoms with van der Waals surface area (Å²) in [5.74, 6) is 1.79. The van der Waals surface area contributed by atoms with Gasteiger partial charge in [0.05, 0.1) is 19.7 Å². The summed E-state index contributed by atoms with van der Waals surface area (Å²) in [4.78, 5) is 12.0. The van der Waals surface area contributed by atoms with Crippen LogP contribution in [-0.4, -0.2) is 40.7 Å². The molecule has 1 N–H and O–H groups in total. The number of nitrogens with zero attached hydrogens (tertiary/aromatic N) is 3. The lowest BCUT2D eigenvalue weighted by Crippen LogP contribution is -2.26. The molecule has 148 valence electrons. The molecule has 0 saturated carbocycles. The van der Waals surface area contributed by atoms with Gasteiger partial charge in [-0.25, -0.2) is 0 Å². The highest BCUT2D eigenvalue weighted by Gasteiger charge is 2.32. The molecule has 5 rings (SSSR count). The predicted molar refractivity (Wildman–Crippen MR) is 124 cm³/mol. The van der Waals surface area contributed by atoms with Gasteiger partial charge >= 0.3 is 0 Å². The number of ether oxygens (including phenoxy) is 1. The number of benzene rings is 2. The number of hydrogen-bond acceptors (Lipinski definition) is 7. The lowest BCUT2D eigenvalue weighted by atomic mass is 10.1. The largest absolute Gasteiger partial charge is 0.497 e. The maximum absolute atomic E-state index is 5.25. The molecule has 0 unspecified atom stereocenters. The van der Waals surface area contributed by atoms with E-state index in [0.29, 0.717) is 6.04 Å². The van der Waals surface area contributed by atoms with Crippen molar-refractivity contribution in [3.05, 3.63) is 70.8 Å². The Balaban J connectivity index is 1.16.